The quantitative estimate of drug-likeness (QED) is 0.729. The van der Waals surface area contributed by atoms with Gasteiger partial charge in [-0.2, -0.15) is 0 Å². The molecule has 0 aromatic heterocycles. The Balaban J connectivity index is 2.60. The van der Waals surface area contributed by atoms with Crippen LogP contribution < -0.4 is 0 Å². The first kappa shape index (κ1) is 13.0. The second-order valence-electron chi connectivity index (χ2n) is 4.35. The molecule has 92 valence electrons. The summed E-state index contributed by atoms with van der Waals surface area (Å²) in [6, 6.07) is -0.786. The Morgan fingerprint density at radius 3 is 2.44 bits per heavy atom. The number of carboxylic acids is 1. The van der Waals surface area contributed by atoms with E-state index in [-0.39, 0.29) is 5.91 Å². The molecule has 1 N–H and O–H groups in total. The Morgan fingerprint density at radius 2 is 2.06 bits per heavy atom. The zero-order valence-corrected chi connectivity index (χ0v) is 10.0. The average molecular weight is 229 g/mol. The molecule has 1 amide bonds. The predicted octanol–water partition coefficient (Wildman–Crippen LogP) is 0.735. The Hall–Kier alpha value is -1.10. The van der Waals surface area contributed by atoms with Crippen LogP contribution in [-0.2, 0) is 14.3 Å². The number of likely N-dealkylation sites (N-methyl/N-ethyl adjacent to an activating group) is 1. The first-order valence-electron chi connectivity index (χ1n) is 5.52. The molecule has 0 aromatic carbocycles. The second-order valence-corrected chi connectivity index (χ2v) is 4.35. The molecular formula is C11H19NO4. The fourth-order valence-electron chi connectivity index (χ4n) is 1.58. The van der Waals surface area contributed by atoms with Crippen molar-refractivity contribution in [3.63, 3.8) is 0 Å². The van der Waals surface area contributed by atoms with Crippen LogP contribution in [0.15, 0.2) is 0 Å². The zero-order chi connectivity index (χ0) is 12.3. The van der Waals surface area contributed by atoms with E-state index in [1.54, 1.807) is 0 Å². The van der Waals surface area contributed by atoms with Crippen LogP contribution in [0.4, 0.5) is 0 Å². The summed E-state index contributed by atoms with van der Waals surface area (Å²) in [6.07, 6.45) is 1.59. The van der Waals surface area contributed by atoms with E-state index in [1.165, 1.54) is 18.9 Å². The molecule has 1 rings (SSSR count). The number of ether oxygens (including phenoxy) is 1. The number of aliphatic carboxylic acids is 1. The number of hydrogen-bond donors (Lipinski definition) is 1. The highest BCUT2D eigenvalue weighted by atomic mass is 16.5. The molecule has 0 radical (unpaired) electrons. The maximum Gasteiger partial charge on any atom is 0.326 e. The largest absolute Gasteiger partial charge is 0.480 e. The third kappa shape index (κ3) is 2.52. The van der Waals surface area contributed by atoms with Crippen LogP contribution in [-0.4, -0.2) is 48.2 Å². The molecule has 1 unspecified atom stereocenters. The lowest BCUT2D eigenvalue weighted by atomic mass is 10.1. The van der Waals surface area contributed by atoms with E-state index in [0.717, 1.165) is 12.8 Å². The van der Waals surface area contributed by atoms with Gasteiger partial charge in [0.2, 0.25) is 5.91 Å². The Bertz CT molecular complexity index is 286. The Kier molecular flexibility index (Phi) is 3.91. The lowest BCUT2D eigenvalue weighted by Gasteiger charge is -2.26. The smallest absolute Gasteiger partial charge is 0.326 e. The highest BCUT2D eigenvalue weighted by molar-refractivity contribution is 5.89. The number of carboxylic acid groups (broad SMARTS) is 1. The number of amides is 1. The monoisotopic (exact) mass is 229 g/mol. The van der Waals surface area contributed by atoms with Crippen LogP contribution in [0, 0.1) is 5.41 Å². The van der Waals surface area contributed by atoms with E-state index in [1.807, 2.05) is 6.92 Å². The molecule has 1 saturated carbocycles. The number of carbonyl (C=O) groups is 2. The number of nitrogens with zero attached hydrogens (tertiary/aromatic N) is 1. The maximum absolute atomic E-state index is 12.1. The van der Waals surface area contributed by atoms with Crippen molar-refractivity contribution in [2.45, 2.75) is 32.7 Å². The van der Waals surface area contributed by atoms with Crippen LogP contribution in [0.5, 0.6) is 0 Å². The van der Waals surface area contributed by atoms with Crippen LogP contribution >= 0.6 is 0 Å². The van der Waals surface area contributed by atoms with E-state index in [4.69, 9.17) is 9.84 Å². The van der Waals surface area contributed by atoms with Crippen molar-refractivity contribution in [1.82, 2.24) is 4.90 Å². The first-order valence-corrected chi connectivity index (χ1v) is 5.52. The van der Waals surface area contributed by atoms with Crippen molar-refractivity contribution < 1.29 is 19.4 Å². The van der Waals surface area contributed by atoms with Gasteiger partial charge in [-0.3, -0.25) is 4.79 Å². The Labute approximate surface area is 95.4 Å². The molecule has 5 heteroatoms. The summed E-state index contributed by atoms with van der Waals surface area (Å²) in [7, 11) is 1.53. The molecular weight excluding hydrogens is 210 g/mol. The zero-order valence-electron chi connectivity index (χ0n) is 10.0. The molecule has 1 fully saturated rings. The van der Waals surface area contributed by atoms with Gasteiger partial charge in [0.25, 0.3) is 0 Å². The molecule has 0 saturated heterocycles. The van der Waals surface area contributed by atoms with Crippen molar-refractivity contribution in [3.8, 4) is 0 Å². The summed E-state index contributed by atoms with van der Waals surface area (Å²) in [5.41, 5.74) is -0.450. The topological polar surface area (TPSA) is 66.8 Å². The minimum absolute atomic E-state index is 0.115. The molecule has 0 spiro atoms. The van der Waals surface area contributed by atoms with Gasteiger partial charge >= 0.3 is 5.97 Å². The van der Waals surface area contributed by atoms with E-state index in [9.17, 15) is 9.59 Å². The summed E-state index contributed by atoms with van der Waals surface area (Å²) < 4.78 is 5.28. The fourth-order valence-corrected chi connectivity index (χ4v) is 1.58. The maximum atomic E-state index is 12.1. The van der Waals surface area contributed by atoms with Crippen molar-refractivity contribution in [2.75, 3.05) is 20.3 Å². The molecule has 0 aromatic rings. The van der Waals surface area contributed by atoms with E-state index in [2.05, 4.69) is 0 Å². The molecule has 0 heterocycles. The van der Waals surface area contributed by atoms with Gasteiger partial charge in [0.1, 0.15) is 6.04 Å². The van der Waals surface area contributed by atoms with Crippen molar-refractivity contribution in [2.24, 2.45) is 5.41 Å². The highest BCUT2D eigenvalue weighted by Crippen LogP contribution is 2.47. The molecule has 0 bridgehead atoms. The lowest BCUT2D eigenvalue weighted by molar-refractivity contribution is -0.151. The van der Waals surface area contributed by atoms with Gasteiger partial charge in [0.05, 0.1) is 12.0 Å². The van der Waals surface area contributed by atoms with Crippen molar-refractivity contribution in [3.05, 3.63) is 0 Å². The number of rotatable bonds is 6. The van der Waals surface area contributed by atoms with Gasteiger partial charge in [-0.1, -0.05) is 0 Å². The third-order valence-corrected chi connectivity index (χ3v) is 3.15. The van der Waals surface area contributed by atoms with Gasteiger partial charge in [-0.25, -0.2) is 4.79 Å². The molecule has 0 aliphatic heterocycles. The van der Waals surface area contributed by atoms with Gasteiger partial charge in [0.15, 0.2) is 0 Å². The summed E-state index contributed by atoms with van der Waals surface area (Å²) in [5.74, 6) is -1.10. The van der Waals surface area contributed by atoms with Crippen molar-refractivity contribution >= 4 is 11.9 Å². The van der Waals surface area contributed by atoms with Gasteiger partial charge < -0.3 is 14.7 Å². The summed E-state index contributed by atoms with van der Waals surface area (Å²) in [6.45, 7) is 4.37. The average Bonchev–Trinajstić information content (AvgIpc) is 3.04. The van der Waals surface area contributed by atoms with Gasteiger partial charge in [-0.05, 0) is 26.7 Å². The molecule has 5 nitrogen and oxygen atoms in total. The van der Waals surface area contributed by atoms with Crippen LogP contribution in [0.2, 0.25) is 0 Å². The fraction of sp³-hybridized carbons (Fsp3) is 0.818. The Morgan fingerprint density at radius 1 is 1.50 bits per heavy atom. The minimum atomic E-state index is -0.983. The van der Waals surface area contributed by atoms with Crippen LogP contribution in [0.1, 0.15) is 26.7 Å². The highest BCUT2D eigenvalue weighted by Gasteiger charge is 2.52. The third-order valence-electron chi connectivity index (χ3n) is 3.15. The van der Waals surface area contributed by atoms with E-state index in [0.29, 0.717) is 13.2 Å². The van der Waals surface area contributed by atoms with E-state index >= 15 is 0 Å². The normalized spacial score (nSPS) is 18.9. The van der Waals surface area contributed by atoms with Crippen molar-refractivity contribution in [1.29, 1.82) is 0 Å². The molecule has 1 atom stereocenters. The second kappa shape index (κ2) is 4.82. The van der Waals surface area contributed by atoms with E-state index < -0.39 is 17.4 Å². The lowest BCUT2D eigenvalue weighted by Crippen LogP contribution is -2.45. The number of hydrogen-bond acceptors (Lipinski definition) is 3. The molecule has 16 heavy (non-hydrogen) atoms. The summed E-state index contributed by atoms with van der Waals surface area (Å²) >= 11 is 0. The predicted molar refractivity (Wildman–Crippen MR) is 58.0 cm³/mol. The van der Waals surface area contributed by atoms with Gasteiger partial charge in [-0.15, -0.1) is 0 Å². The summed E-state index contributed by atoms with van der Waals surface area (Å²) in [5, 5.41) is 8.84. The molecule has 1 aliphatic rings. The molecule has 1 aliphatic carbocycles. The van der Waals surface area contributed by atoms with Crippen LogP contribution in [0.25, 0.3) is 0 Å². The van der Waals surface area contributed by atoms with Gasteiger partial charge in [0, 0.05) is 13.7 Å². The number of carbonyl (C=O) groups excluding carboxylic acids is 1. The standard InChI is InChI=1S/C11H19NO4/c1-4-16-7-11(5-6-11)10(15)12(3)8(2)9(13)14/h8H,4-7H2,1-3H3,(H,13,14). The minimum Gasteiger partial charge on any atom is -0.480 e. The summed E-state index contributed by atoms with van der Waals surface area (Å²) in [4.78, 5) is 24.1. The first-order chi connectivity index (χ1) is 7.44. The SMILES string of the molecule is CCOCC1(C(=O)N(C)C(C)C(=O)O)CC1. The van der Waals surface area contributed by atoms with Crippen LogP contribution in [0.3, 0.4) is 0 Å².